The molecule has 0 atom stereocenters. The third kappa shape index (κ3) is 5.16. The van der Waals surface area contributed by atoms with Gasteiger partial charge in [-0.2, -0.15) is 0 Å². The van der Waals surface area contributed by atoms with Crippen LogP contribution in [0.5, 0.6) is 11.5 Å². The Hall–Kier alpha value is -1.75. The maximum atomic E-state index is 13.0. The van der Waals surface area contributed by atoms with Gasteiger partial charge in [-0.05, 0) is 69.8 Å². The number of amides is 1. The van der Waals surface area contributed by atoms with Crippen molar-refractivity contribution < 1.29 is 14.3 Å². The van der Waals surface area contributed by atoms with E-state index in [4.69, 9.17) is 9.47 Å². The van der Waals surface area contributed by atoms with Crippen molar-refractivity contribution in [1.29, 1.82) is 0 Å². The molecule has 3 rings (SSSR count). The van der Waals surface area contributed by atoms with Crippen molar-refractivity contribution in [2.45, 2.75) is 58.4 Å². The van der Waals surface area contributed by atoms with Crippen LogP contribution in [0.15, 0.2) is 18.2 Å². The molecule has 5 nitrogen and oxygen atoms in total. The number of likely N-dealkylation sites (tertiary alicyclic amines) is 2. The van der Waals surface area contributed by atoms with Crippen LogP contribution in [-0.4, -0.2) is 61.1 Å². The van der Waals surface area contributed by atoms with Crippen LogP contribution in [-0.2, 0) is 0 Å². The first-order chi connectivity index (χ1) is 13.2. The minimum absolute atomic E-state index is 0.110. The van der Waals surface area contributed by atoms with E-state index in [9.17, 15) is 4.79 Å². The molecule has 0 aromatic heterocycles. The average molecular weight is 375 g/mol. The second kappa shape index (κ2) is 9.98. The standard InChI is InChI=1S/C22H34N2O3/c1-3-15-26-20-8-7-18(17-21(20)27-16-4-2)22(25)24-13-9-19(10-14-24)23-11-5-6-12-23/h7-8,17,19H,3-6,9-16H2,1-2H3. The van der Waals surface area contributed by atoms with Crippen molar-refractivity contribution >= 4 is 5.91 Å². The minimum Gasteiger partial charge on any atom is -0.490 e. The molecular weight excluding hydrogens is 340 g/mol. The van der Waals surface area contributed by atoms with Gasteiger partial charge < -0.3 is 19.3 Å². The van der Waals surface area contributed by atoms with Crippen LogP contribution in [0.25, 0.3) is 0 Å². The Labute approximate surface area is 163 Å². The molecule has 0 bridgehead atoms. The van der Waals surface area contributed by atoms with Gasteiger partial charge in [-0.15, -0.1) is 0 Å². The molecule has 0 radical (unpaired) electrons. The third-order valence-corrected chi connectivity index (χ3v) is 5.52. The Kier molecular flexibility index (Phi) is 7.39. The Morgan fingerprint density at radius 3 is 2.22 bits per heavy atom. The summed E-state index contributed by atoms with van der Waals surface area (Å²) in [6.45, 7) is 9.59. The quantitative estimate of drug-likeness (QED) is 0.691. The molecule has 1 amide bonds. The molecule has 2 saturated heterocycles. The van der Waals surface area contributed by atoms with Crippen molar-refractivity contribution in [3.05, 3.63) is 23.8 Å². The zero-order chi connectivity index (χ0) is 19.1. The summed E-state index contributed by atoms with van der Waals surface area (Å²) in [7, 11) is 0. The fourth-order valence-corrected chi connectivity index (χ4v) is 4.02. The summed E-state index contributed by atoms with van der Waals surface area (Å²) in [5, 5.41) is 0. The summed E-state index contributed by atoms with van der Waals surface area (Å²) < 4.78 is 11.6. The number of ether oxygens (including phenoxy) is 2. The first-order valence-corrected chi connectivity index (χ1v) is 10.7. The van der Waals surface area contributed by atoms with E-state index in [1.165, 1.54) is 25.9 Å². The van der Waals surface area contributed by atoms with Gasteiger partial charge in [-0.25, -0.2) is 0 Å². The summed E-state index contributed by atoms with van der Waals surface area (Å²) in [5.41, 5.74) is 0.699. The van der Waals surface area contributed by atoms with Crippen LogP contribution < -0.4 is 9.47 Å². The summed E-state index contributed by atoms with van der Waals surface area (Å²) in [4.78, 5) is 17.6. The van der Waals surface area contributed by atoms with Gasteiger partial charge >= 0.3 is 0 Å². The fourth-order valence-electron chi connectivity index (χ4n) is 4.02. The monoisotopic (exact) mass is 374 g/mol. The fraction of sp³-hybridized carbons (Fsp3) is 0.682. The maximum Gasteiger partial charge on any atom is 0.253 e. The van der Waals surface area contributed by atoms with Crippen molar-refractivity contribution in [2.75, 3.05) is 39.4 Å². The SMILES string of the molecule is CCCOc1ccc(C(=O)N2CCC(N3CCCC3)CC2)cc1OCCC. The molecule has 0 unspecified atom stereocenters. The van der Waals surface area contributed by atoms with Crippen LogP contribution in [0.4, 0.5) is 0 Å². The first-order valence-electron chi connectivity index (χ1n) is 10.7. The van der Waals surface area contributed by atoms with Crippen LogP contribution >= 0.6 is 0 Å². The topological polar surface area (TPSA) is 42.0 Å². The molecule has 2 aliphatic rings. The van der Waals surface area contributed by atoms with Crippen molar-refractivity contribution in [3.63, 3.8) is 0 Å². The number of benzene rings is 1. The van der Waals surface area contributed by atoms with E-state index in [2.05, 4.69) is 18.7 Å². The van der Waals surface area contributed by atoms with Crippen LogP contribution in [0.2, 0.25) is 0 Å². The molecule has 5 heteroatoms. The first kappa shape index (κ1) is 20.0. The van der Waals surface area contributed by atoms with E-state index in [-0.39, 0.29) is 5.91 Å². The second-order valence-corrected chi connectivity index (χ2v) is 7.62. The lowest BCUT2D eigenvalue weighted by Gasteiger charge is -2.36. The lowest BCUT2D eigenvalue weighted by Crippen LogP contribution is -2.45. The van der Waals surface area contributed by atoms with Gasteiger partial charge in [-0.3, -0.25) is 4.79 Å². The Balaban J connectivity index is 1.63. The van der Waals surface area contributed by atoms with Gasteiger partial charge in [0, 0.05) is 24.7 Å². The molecule has 1 aromatic carbocycles. The smallest absolute Gasteiger partial charge is 0.253 e. The van der Waals surface area contributed by atoms with Crippen molar-refractivity contribution in [1.82, 2.24) is 9.80 Å². The lowest BCUT2D eigenvalue weighted by atomic mass is 10.0. The van der Waals surface area contributed by atoms with E-state index in [1.54, 1.807) is 0 Å². The highest BCUT2D eigenvalue weighted by Gasteiger charge is 2.29. The van der Waals surface area contributed by atoms with Gasteiger partial charge in [0.25, 0.3) is 5.91 Å². The largest absolute Gasteiger partial charge is 0.490 e. The molecular formula is C22H34N2O3. The minimum atomic E-state index is 0.110. The van der Waals surface area contributed by atoms with Gasteiger partial charge in [0.15, 0.2) is 11.5 Å². The normalized spacial score (nSPS) is 18.7. The number of rotatable bonds is 8. The summed E-state index contributed by atoms with van der Waals surface area (Å²) >= 11 is 0. The van der Waals surface area contributed by atoms with Gasteiger partial charge in [0.05, 0.1) is 13.2 Å². The van der Waals surface area contributed by atoms with Crippen molar-refractivity contribution in [2.24, 2.45) is 0 Å². The van der Waals surface area contributed by atoms with Crippen molar-refractivity contribution in [3.8, 4) is 11.5 Å². The Morgan fingerprint density at radius 1 is 0.963 bits per heavy atom. The highest BCUT2D eigenvalue weighted by atomic mass is 16.5. The zero-order valence-corrected chi connectivity index (χ0v) is 16.9. The Bertz CT molecular complexity index is 606. The number of piperidine rings is 1. The summed E-state index contributed by atoms with van der Waals surface area (Å²) in [6, 6.07) is 6.27. The van der Waals surface area contributed by atoms with E-state index >= 15 is 0 Å². The number of carbonyl (C=O) groups is 1. The second-order valence-electron chi connectivity index (χ2n) is 7.62. The molecule has 0 N–H and O–H groups in total. The van der Waals surface area contributed by atoms with Crippen LogP contribution in [0, 0.1) is 0 Å². The molecule has 0 spiro atoms. The zero-order valence-electron chi connectivity index (χ0n) is 16.9. The molecule has 2 fully saturated rings. The van der Waals surface area contributed by atoms with Crippen LogP contribution in [0.1, 0.15) is 62.7 Å². The number of carbonyl (C=O) groups excluding carboxylic acids is 1. The van der Waals surface area contributed by atoms with Gasteiger partial charge in [-0.1, -0.05) is 13.8 Å². The van der Waals surface area contributed by atoms with E-state index < -0.39 is 0 Å². The molecule has 1 aromatic rings. The highest BCUT2D eigenvalue weighted by Crippen LogP contribution is 2.30. The highest BCUT2D eigenvalue weighted by molar-refractivity contribution is 5.95. The number of nitrogens with zero attached hydrogens (tertiary/aromatic N) is 2. The molecule has 2 aliphatic heterocycles. The third-order valence-electron chi connectivity index (χ3n) is 5.52. The Morgan fingerprint density at radius 2 is 1.59 bits per heavy atom. The molecule has 0 aliphatic carbocycles. The number of hydrogen-bond donors (Lipinski definition) is 0. The van der Waals surface area contributed by atoms with Crippen LogP contribution in [0.3, 0.4) is 0 Å². The predicted molar refractivity (Wildman–Crippen MR) is 108 cm³/mol. The van der Waals surface area contributed by atoms with Gasteiger partial charge in [0.2, 0.25) is 0 Å². The van der Waals surface area contributed by atoms with E-state index in [1.807, 2.05) is 23.1 Å². The average Bonchev–Trinajstić information content (AvgIpc) is 3.25. The van der Waals surface area contributed by atoms with Gasteiger partial charge in [0.1, 0.15) is 0 Å². The molecule has 150 valence electrons. The molecule has 27 heavy (non-hydrogen) atoms. The molecule has 2 heterocycles. The maximum absolute atomic E-state index is 13.0. The number of hydrogen-bond acceptors (Lipinski definition) is 4. The predicted octanol–water partition coefficient (Wildman–Crippen LogP) is 3.96. The van der Waals surface area contributed by atoms with E-state index in [0.717, 1.165) is 44.5 Å². The lowest BCUT2D eigenvalue weighted by molar-refractivity contribution is 0.0644. The van der Waals surface area contributed by atoms with E-state index in [0.29, 0.717) is 30.6 Å². The summed E-state index contributed by atoms with van der Waals surface area (Å²) in [6.07, 6.45) is 6.69. The molecule has 0 saturated carbocycles. The summed E-state index contributed by atoms with van der Waals surface area (Å²) in [5.74, 6) is 1.52.